The van der Waals surface area contributed by atoms with Gasteiger partial charge >= 0.3 is 0 Å². The Morgan fingerprint density at radius 3 is 2.64 bits per heavy atom. The summed E-state index contributed by atoms with van der Waals surface area (Å²) in [5, 5.41) is 6.78. The summed E-state index contributed by atoms with van der Waals surface area (Å²) in [6.07, 6.45) is 0. The summed E-state index contributed by atoms with van der Waals surface area (Å²) in [5.74, 6) is 1.75. The van der Waals surface area contributed by atoms with E-state index in [1.54, 1.807) is 7.05 Å². The Hall–Kier alpha value is -1.83. The van der Waals surface area contributed by atoms with Crippen LogP contribution in [0.2, 0.25) is 0 Å². The molecule has 7 nitrogen and oxygen atoms in total. The van der Waals surface area contributed by atoms with Gasteiger partial charge < -0.3 is 25.0 Å². The first kappa shape index (κ1) is 22.5. The number of nitrogens with zero attached hydrogens (tertiary/aromatic N) is 3. The highest BCUT2D eigenvalue weighted by atomic mass is 16.5. The highest BCUT2D eigenvalue weighted by Gasteiger charge is 2.10. The van der Waals surface area contributed by atoms with E-state index >= 15 is 0 Å². The van der Waals surface area contributed by atoms with Crippen LogP contribution in [-0.2, 0) is 11.3 Å². The molecule has 0 atom stereocenters. The van der Waals surface area contributed by atoms with Crippen LogP contribution >= 0.6 is 0 Å². The molecule has 1 saturated heterocycles. The van der Waals surface area contributed by atoms with Gasteiger partial charge in [-0.25, -0.2) is 0 Å². The number of morpholine rings is 1. The second-order valence-corrected chi connectivity index (χ2v) is 6.79. The van der Waals surface area contributed by atoms with Gasteiger partial charge in [0.2, 0.25) is 0 Å². The molecule has 2 N–H and O–H groups in total. The Morgan fingerprint density at radius 2 is 1.93 bits per heavy atom. The van der Waals surface area contributed by atoms with E-state index in [1.807, 2.05) is 18.2 Å². The summed E-state index contributed by atoms with van der Waals surface area (Å²) in [6.45, 7) is 14.3. The van der Waals surface area contributed by atoms with Gasteiger partial charge in [0, 0.05) is 51.9 Å². The standard InChI is InChI=1S/C21H37N5O2/c1-4-25(5-2)14-17-28-20-9-7-6-8-19(20)18-24-21(22-3)23-10-11-26-12-15-27-16-13-26/h6-9H,4-5,10-18H2,1-3H3,(H2,22,23,24). The van der Waals surface area contributed by atoms with Crippen LogP contribution in [0.4, 0.5) is 0 Å². The highest BCUT2D eigenvalue weighted by molar-refractivity contribution is 5.79. The monoisotopic (exact) mass is 391 g/mol. The number of para-hydroxylation sites is 1. The molecule has 7 heteroatoms. The van der Waals surface area contributed by atoms with E-state index in [1.165, 1.54) is 0 Å². The molecule has 0 unspecified atom stereocenters. The Morgan fingerprint density at radius 1 is 1.18 bits per heavy atom. The number of ether oxygens (including phenoxy) is 2. The molecule has 158 valence electrons. The van der Waals surface area contributed by atoms with Gasteiger partial charge in [0.25, 0.3) is 0 Å². The predicted molar refractivity (Wildman–Crippen MR) is 115 cm³/mol. The molecule has 28 heavy (non-hydrogen) atoms. The van der Waals surface area contributed by atoms with Crippen molar-refractivity contribution in [1.29, 1.82) is 0 Å². The molecular weight excluding hydrogens is 354 g/mol. The minimum Gasteiger partial charge on any atom is -0.492 e. The number of hydrogen-bond acceptors (Lipinski definition) is 5. The van der Waals surface area contributed by atoms with Gasteiger partial charge in [-0.05, 0) is 19.2 Å². The van der Waals surface area contributed by atoms with Crippen molar-refractivity contribution >= 4 is 5.96 Å². The lowest BCUT2D eigenvalue weighted by Crippen LogP contribution is -2.44. The van der Waals surface area contributed by atoms with E-state index in [-0.39, 0.29) is 0 Å². The van der Waals surface area contributed by atoms with E-state index in [0.29, 0.717) is 13.2 Å². The van der Waals surface area contributed by atoms with Crippen LogP contribution in [0.25, 0.3) is 0 Å². The van der Waals surface area contributed by atoms with Crippen molar-refractivity contribution in [3.05, 3.63) is 29.8 Å². The van der Waals surface area contributed by atoms with Gasteiger partial charge in [0.05, 0.1) is 13.2 Å². The third-order valence-electron chi connectivity index (χ3n) is 5.03. The molecule has 1 aromatic carbocycles. The summed E-state index contributed by atoms with van der Waals surface area (Å²) in [4.78, 5) is 9.09. The summed E-state index contributed by atoms with van der Waals surface area (Å²) in [6, 6.07) is 8.20. The number of guanidine groups is 1. The van der Waals surface area contributed by atoms with Gasteiger partial charge in [0.1, 0.15) is 12.4 Å². The van der Waals surface area contributed by atoms with E-state index in [4.69, 9.17) is 9.47 Å². The number of nitrogens with one attached hydrogen (secondary N) is 2. The Balaban J connectivity index is 1.75. The number of likely N-dealkylation sites (N-methyl/N-ethyl adjacent to an activating group) is 1. The van der Waals surface area contributed by atoms with Crippen molar-refractivity contribution in [2.24, 2.45) is 4.99 Å². The molecule has 0 saturated carbocycles. The lowest BCUT2D eigenvalue weighted by Gasteiger charge is -2.26. The van der Waals surface area contributed by atoms with Crippen LogP contribution < -0.4 is 15.4 Å². The second kappa shape index (κ2) is 13.4. The number of aliphatic imine (C=N–C) groups is 1. The maximum atomic E-state index is 6.04. The van der Waals surface area contributed by atoms with Gasteiger partial charge in [-0.3, -0.25) is 9.89 Å². The molecule has 1 aliphatic heterocycles. The first-order valence-electron chi connectivity index (χ1n) is 10.4. The zero-order valence-electron chi connectivity index (χ0n) is 17.7. The lowest BCUT2D eigenvalue weighted by molar-refractivity contribution is 0.0389. The minimum atomic E-state index is 0.679. The summed E-state index contributed by atoms with van der Waals surface area (Å²) in [5.41, 5.74) is 1.14. The maximum Gasteiger partial charge on any atom is 0.191 e. The zero-order chi connectivity index (χ0) is 20.0. The smallest absolute Gasteiger partial charge is 0.191 e. The average molecular weight is 392 g/mol. The molecule has 1 aliphatic rings. The Labute approximate surface area is 170 Å². The molecular formula is C21H37N5O2. The van der Waals surface area contributed by atoms with Crippen LogP contribution in [0.15, 0.2) is 29.3 Å². The molecule has 0 aromatic heterocycles. The number of rotatable bonds is 11. The molecule has 1 aromatic rings. The maximum absolute atomic E-state index is 6.04. The minimum absolute atomic E-state index is 0.679. The quantitative estimate of drug-likeness (QED) is 0.439. The fourth-order valence-electron chi connectivity index (χ4n) is 3.17. The van der Waals surface area contributed by atoms with Crippen molar-refractivity contribution < 1.29 is 9.47 Å². The van der Waals surface area contributed by atoms with Gasteiger partial charge in [-0.15, -0.1) is 0 Å². The van der Waals surface area contributed by atoms with Gasteiger partial charge in [0.15, 0.2) is 5.96 Å². The first-order valence-corrected chi connectivity index (χ1v) is 10.4. The highest BCUT2D eigenvalue weighted by Crippen LogP contribution is 2.17. The van der Waals surface area contributed by atoms with Crippen molar-refractivity contribution in [3.63, 3.8) is 0 Å². The molecule has 1 heterocycles. The molecule has 0 spiro atoms. The second-order valence-electron chi connectivity index (χ2n) is 6.79. The van der Waals surface area contributed by atoms with Crippen molar-refractivity contribution in [2.75, 3.05) is 72.7 Å². The van der Waals surface area contributed by atoms with Crippen molar-refractivity contribution in [1.82, 2.24) is 20.4 Å². The van der Waals surface area contributed by atoms with E-state index in [9.17, 15) is 0 Å². The summed E-state index contributed by atoms with van der Waals surface area (Å²) >= 11 is 0. The van der Waals surface area contributed by atoms with Crippen LogP contribution in [0.3, 0.4) is 0 Å². The molecule has 0 radical (unpaired) electrons. The first-order chi connectivity index (χ1) is 13.8. The third kappa shape index (κ3) is 8.04. The predicted octanol–water partition coefficient (Wildman–Crippen LogP) is 1.40. The third-order valence-corrected chi connectivity index (χ3v) is 5.03. The molecule has 2 rings (SSSR count). The largest absolute Gasteiger partial charge is 0.492 e. The van der Waals surface area contributed by atoms with E-state index in [0.717, 1.165) is 76.3 Å². The average Bonchev–Trinajstić information content (AvgIpc) is 2.75. The van der Waals surface area contributed by atoms with Crippen LogP contribution in [0.1, 0.15) is 19.4 Å². The van der Waals surface area contributed by atoms with Crippen molar-refractivity contribution in [2.45, 2.75) is 20.4 Å². The summed E-state index contributed by atoms with van der Waals surface area (Å²) < 4.78 is 11.4. The number of benzene rings is 1. The number of hydrogen-bond donors (Lipinski definition) is 2. The van der Waals surface area contributed by atoms with Gasteiger partial charge in [-0.1, -0.05) is 32.0 Å². The molecule has 0 aliphatic carbocycles. The van der Waals surface area contributed by atoms with Gasteiger partial charge in [-0.2, -0.15) is 0 Å². The fourth-order valence-corrected chi connectivity index (χ4v) is 3.17. The Bertz CT molecular complexity index is 572. The summed E-state index contributed by atoms with van der Waals surface area (Å²) in [7, 11) is 1.80. The molecule has 0 amide bonds. The molecule has 0 bridgehead atoms. The van der Waals surface area contributed by atoms with Crippen LogP contribution in [-0.4, -0.2) is 88.4 Å². The normalized spacial score (nSPS) is 15.6. The van der Waals surface area contributed by atoms with Crippen LogP contribution in [0, 0.1) is 0 Å². The van der Waals surface area contributed by atoms with Crippen LogP contribution in [0.5, 0.6) is 5.75 Å². The Kier molecular flexibility index (Phi) is 10.7. The SMILES string of the molecule is CCN(CC)CCOc1ccccc1CNC(=NC)NCCN1CCOCC1. The lowest BCUT2D eigenvalue weighted by atomic mass is 10.2. The van der Waals surface area contributed by atoms with E-state index in [2.05, 4.69) is 45.3 Å². The fraction of sp³-hybridized carbons (Fsp3) is 0.667. The topological polar surface area (TPSA) is 61.4 Å². The zero-order valence-corrected chi connectivity index (χ0v) is 17.7. The van der Waals surface area contributed by atoms with E-state index < -0.39 is 0 Å². The van der Waals surface area contributed by atoms with Crippen molar-refractivity contribution in [3.8, 4) is 5.75 Å². The molecule has 1 fully saturated rings.